The molecule has 2 aromatic heterocycles. The van der Waals surface area contributed by atoms with Crippen LogP contribution in [0.1, 0.15) is 38.7 Å². The lowest BCUT2D eigenvalue weighted by molar-refractivity contribution is -0.137. The highest BCUT2D eigenvalue weighted by molar-refractivity contribution is 5.98. The lowest BCUT2D eigenvalue weighted by Gasteiger charge is -2.33. The predicted octanol–water partition coefficient (Wildman–Crippen LogP) is 5.87. The molecular formula is C31H28F3N5O4. The molecule has 0 unspecified atom stereocenters. The maximum atomic E-state index is 13.6. The van der Waals surface area contributed by atoms with E-state index in [9.17, 15) is 18.0 Å². The minimum Gasteiger partial charge on any atom is -0.497 e. The zero-order valence-corrected chi connectivity index (χ0v) is 23.6. The van der Waals surface area contributed by atoms with Crippen molar-refractivity contribution in [3.8, 4) is 11.5 Å². The van der Waals surface area contributed by atoms with Crippen molar-refractivity contribution in [2.45, 2.75) is 25.4 Å². The van der Waals surface area contributed by atoms with E-state index in [1.807, 2.05) is 22.6 Å². The third kappa shape index (κ3) is 5.29. The Labute approximate surface area is 244 Å². The Morgan fingerprint density at radius 3 is 2.70 bits per heavy atom. The normalized spacial score (nSPS) is 14.9. The molecule has 12 heteroatoms. The van der Waals surface area contributed by atoms with Crippen LogP contribution in [0.15, 0.2) is 67.1 Å². The van der Waals surface area contributed by atoms with Crippen molar-refractivity contribution in [3.63, 3.8) is 0 Å². The summed E-state index contributed by atoms with van der Waals surface area (Å²) in [6, 6.07) is 13.8. The van der Waals surface area contributed by atoms with Gasteiger partial charge in [-0.15, -0.1) is 0 Å². The van der Waals surface area contributed by atoms with Crippen LogP contribution < -0.4 is 14.8 Å². The predicted molar refractivity (Wildman–Crippen MR) is 153 cm³/mol. The number of fused-ring (bicyclic) bond motifs is 4. The highest BCUT2D eigenvalue weighted by atomic mass is 19.4. The van der Waals surface area contributed by atoms with Crippen LogP contribution in [0.4, 0.5) is 19.0 Å². The fourth-order valence-electron chi connectivity index (χ4n) is 5.36. The van der Waals surface area contributed by atoms with Gasteiger partial charge in [-0.1, -0.05) is 6.07 Å². The number of nitrogens with zero attached hydrogens (tertiary/aromatic N) is 4. The summed E-state index contributed by atoms with van der Waals surface area (Å²) in [6.45, 7) is 0.665. The van der Waals surface area contributed by atoms with Gasteiger partial charge in [0.1, 0.15) is 17.0 Å². The van der Waals surface area contributed by atoms with E-state index in [4.69, 9.17) is 19.2 Å². The second-order valence-electron chi connectivity index (χ2n) is 10.2. The molecule has 5 aromatic rings. The zero-order chi connectivity index (χ0) is 30.3. The van der Waals surface area contributed by atoms with E-state index in [0.29, 0.717) is 57.1 Å². The first-order valence-corrected chi connectivity index (χ1v) is 13.4. The number of rotatable bonds is 7. The van der Waals surface area contributed by atoms with E-state index in [2.05, 4.69) is 10.3 Å². The van der Waals surface area contributed by atoms with Crippen LogP contribution in [-0.2, 0) is 24.1 Å². The summed E-state index contributed by atoms with van der Waals surface area (Å²) in [5, 5.41) is 3.36. The highest BCUT2D eigenvalue weighted by Gasteiger charge is 2.34. The summed E-state index contributed by atoms with van der Waals surface area (Å²) in [5.74, 6) is 1.67. The molecule has 1 amide bonds. The van der Waals surface area contributed by atoms with E-state index in [0.717, 1.165) is 17.7 Å². The van der Waals surface area contributed by atoms with Crippen LogP contribution in [-0.4, -0.2) is 53.0 Å². The Kier molecular flexibility index (Phi) is 7.30. The molecule has 1 N–H and O–H groups in total. The second-order valence-corrected chi connectivity index (χ2v) is 10.2. The van der Waals surface area contributed by atoms with Crippen LogP contribution in [0.3, 0.4) is 0 Å². The molecule has 1 aliphatic rings. The number of ether oxygens (including phenoxy) is 3. The molecule has 6 rings (SSSR count). The van der Waals surface area contributed by atoms with Crippen molar-refractivity contribution in [2.24, 2.45) is 0 Å². The van der Waals surface area contributed by atoms with Gasteiger partial charge < -0.3 is 24.4 Å². The zero-order valence-electron chi connectivity index (χ0n) is 23.6. The first kappa shape index (κ1) is 28.3. The van der Waals surface area contributed by atoms with Crippen molar-refractivity contribution >= 4 is 28.3 Å². The standard InChI is InChI=1S/C31H28F3N5O4/c1-38(27-16-43-15-20-10-21(31(32,33)34)6-8-23(20)27)30(40)18-5-9-24-25(11-18)39-17-35-14-26(39)29(37-24)36-13-19-4-7-22(41-2)12-28(19)42-3/h4-12,14,17,27H,13,15-16H2,1-3H3,(H,36,37)/t27-/m1/s1. The lowest BCUT2D eigenvalue weighted by Crippen LogP contribution is -2.36. The van der Waals surface area contributed by atoms with Crippen LogP contribution >= 0.6 is 0 Å². The van der Waals surface area contributed by atoms with E-state index >= 15 is 0 Å². The molecular weight excluding hydrogens is 563 g/mol. The van der Waals surface area contributed by atoms with Gasteiger partial charge in [-0.05, 0) is 53.6 Å². The smallest absolute Gasteiger partial charge is 0.416 e. The Balaban J connectivity index is 1.28. The topological polar surface area (TPSA) is 90.2 Å². The average molecular weight is 592 g/mol. The number of anilines is 1. The van der Waals surface area contributed by atoms with E-state index < -0.39 is 17.8 Å². The molecule has 0 spiro atoms. The van der Waals surface area contributed by atoms with Crippen molar-refractivity contribution in [2.75, 3.05) is 33.2 Å². The number of likely N-dealkylation sites (N-methyl/N-ethyl adjacent to an activating group) is 1. The number of methoxy groups -OCH3 is 2. The van der Waals surface area contributed by atoms with Crippen molar-refractivity contribution in [1.82, 2.24) is 19.3 Å². The molecule has 43 heavy (non-hydrogen) atoms. The maximum Gasteiger partial charge on any atom is 0.416 e. The van der Waals surface area contributed by atoms with Gasteiger partial charge in [-0.25, -0.2) is 9.97 Å². The van der Waals surface area contributed by atoms with Crippen molar-refractivity contribution < 1.29 is 32.2 Å². The second kappa shape index (κ2) is 11.1. The summed E-state index contributed by atoms with van der Waals surface area (Å²) < 4.78 is 58.0. The van der Waals surface area contributed by atoms with Gasteiger partial charge in [-0.3, -0.25) is 9.20 Å². The maximum absolute atomic E-state index is 13.6. The first-order valence-electron chi connectivity index (χ1n) is 13.4. The molecule has 0 radical (unpaired) electrons. The monoisotopic (exact) mass is 591 g/mol. The first-order chi connectivity index (χ1) is 20.7. The number of aromatic nitrogens is 3. The molecule has 0 saturated heterocycles. The molecule has 222 valence electrons. The Morgan fingerprint density at radius 1 is 1.09 bits per heavy atom. The van der Waals surface area contributed by atoms with E-state index in [1.165, 1.54) is 11.0 Å². The largest absolute Gasteiger partial charge is 0.497 e. The van der Waals surface area contributed by atoms with Crippen molar-refractivity contribution in [1.29, 1.82) is 0 Å². The molecule has 0 fully saturated rings. The van der Waals surface area contributed by atoms with Gasteiger partial charge in [0.25, 0.3) is 5.91 Å². The van der Waals surface area contributed by atoms with E-state index in [1.54, 1.807) is 52.0 Å². The Bertz CT molecular complexity index is 1840. The van der Waals surface area contributed by atoms with Crippen LogP contribution in [0.2, 0.25) is 0 Å². The van der Waals surface area contributed by atoms with Crippen LogP contribution in [0.5, 0.6) is 11.5 Å². The fraction of sp³-hybridized carbons (Fsp3) is 0.258. The third-order valence-corrected chi connectivity index (χ3v) is 7.69. The molecule has 0 saturated carbocycles. The van der Waals surface area contributed by atoms with Crippen LogP contribution in [0, 0.1) is 0 Å². The third-order valence-electron chi connectivity index (χ3n) is 7.69. The van der Waals surface area contributed by atoms with Gasteiger partial charge in [-0.2, -0.15) is 13.2 Å². The fourth-order valence-corrected chi connectivity index (χ4v) is 5.36. The molecule has 0 aliphatic carbocycles. The number of hydrogen-bond donors (Lipinski definition) is 1. The number of alkyl halides is 3. The summed E-state index contributed by atoms with van der Waals surface area (Å²) in [5.41, 5.74) is 3.65. The molecule has 9 nitrogen and oxygen atoms in total. The summed E-state index contributed by atoms with van der Waals surface area (Å²) >= 11 is 0. The molecule has 3 heterocycles. The molecule has 1 atom stereocenters. The average Bonchev–Trinajstić information content (AvgIpc) is 3.52. The summed E-state index contributed by atoms with van der Waals surface area (Å²) in [6.07, 6.45) is -1.12. The van der Waals surface area contributed by atoms with Crippen molar-refractivity contribution in [3.05, 3.63) is 94.9 Å². The number of imidazole rings is 1. The van der Waals surface area contributed by atoms with E-state index in [-0.39, 0.29) is 19.1 Å². The summed E-state index contributed by atoms with van der Waals surface area (Å²) in [4.78, 5) is 24.2. The SMILES string of the molecule is COc1ccc(CNc2nc3ccc(C(=O)N(C)[C@@H]4COCc5cc(C(F)(F)F)ccc54)cc3n3cncc23)c(OC)c1. The Morgan fingerprint density at radius 2 is 1.93 bits per heavy atom. The number of amides is 1. The number of nitrogens with one attached hydrogen (secondary N) is 1. The quantitative estimate of drug-likeness (QED) is 0.253. The molecule has 3 aromatic carbocycles. The molecule has 0 bridgehead atoms. The van der Waals surface area contributed by atoms with Gasteiger partial charge in [0.05, 0.1) is 62.6 Å². The minimum atomic E-state index is -4.46. The summed E-state index contributed by atoms with van der Waals surface area (Å²) in [7, 11) is 4.82. The number of carbonyl (C=O) groups is 1. The number of carbonyl (C=O) groups excluding carboxylic acids is 1. The Hall–Kier alpha value is -4.84. The van der Waals surface area contributed by atoms with Gasteiger partial charge in [0.15, 0.2) is 5.82 Å². The number of hydrogen-bond acceptors (Lipinski definition) is 7. The van der Waals surface area contributed by atoms with Gasteiger partial charge in [0, 0.05) is 30.8 Å². The number of halogens is 3. The van der Waals surface area contributed by atoms with Gasteiger partial charge >= 0.3 is 6.18 Å². The molecule has 1 aliphatic heterocycles. The number of benzene rings is 3. The minimum absolute atomic E-state index is 0.0552. The highest BCUT2D eigenvalue weighted by Crippen LogP contribution is 2.36. The lowest BCUT2D eigenvalue weighted by atomic mass is 9.95. The van der Waals surface area contributed by atoms with Gasteiger partial charge in [0.2, 0.25) is 0 Å². The van der Waals surface area contributed by atoms with Crippen LogP contribution in [0.25, 0.3) is 16.6 Å².